The summed E-state index contributed by atoms with van der Waals surface area (Å²) < 4.78 is 46.6. The lowest BCUT2D eigenvalue weighted by Crippen LogP contribution is -2.56. The van der Waals surface area contributed by atoms with Crippen LogP contribution >= 0.6 is 0 Å². The molecule has 0 radical (unpaired) electrons. The SMILES string of the molecule is O=C(NO)[C@H]1C[C@@H](NCc2ccccc2)CCN1S(=O)(=O)c1ccc(OCc2ccc(F)cc2)cc1. The first-order chi connectivity index (χ1) is 17.4. The van der Waals surface area contributed by atoms with Gasteiger partial charge in [-0.1, -0.05) is 42.5 Å². The average Bonchev–Trinajstić information content (AvgIpc) is 2.91. The van der Waals surface area contributed by atoms with Crippen LogP contribution < -0.4 is 15.5 Å². The number of amides is 1. The molecule has 4 rings (SSSR count). The molecular weight excluding hydrogens is 485 g/mol. The van der Waals surface area contributed by atoms with E-state index in [1.807, 2.05) is 30.3 Å². The zero-order chi connectivity index (χ0) is 25.5. The van der Waals surface area contributed by atoms with Crippen molar-refractivity contribution in [3.8, 4) is 5.75 Å². The van der Waals surface area contributed by atoms with Gasteiger partial charge in [0, 0.05) is 19.1 Å². The number of rotatable bonds is 9. The van der Waals surface area contributed by atoms with Crippen LogP contribution in [0.2, 0.25) is 0 Å². The maximum atomic E-state index is 13.4. The van der Waals surface area contributed by atoms with Crippen molar-refractivity contribution in [3.63, 3.8) is 0 Å². The minimum atomic E-state index is -4.01. The van der Waals surface area contributed by atoms with Crippen LogP contribution in [-0.2, 0) is 28.0 Å². The van der Waals surface area contributed by atoms with Gasteiger partial charge in [-0.3, -0.25) is 10.0 Å². The molecule has 1 fully saturated rings. The van der Waals surface area contributed by atoms with E-state index in [9.17, 15) is 22.8 Å². The van der Waals surface area contributed by atoms with Gasteiger partial charge in [-0.05, 0) is 60.4 Å². The molecule has 0 bridgehead atoms. The van der Waals surface area contributed by atoms with Crippen molar-refractivity contribution >= 4 is 15.9 Å². The van der Waals surface area contributed by atoms with Crippen LogP contribution in [0.1, 0.15) is 24.0 Å². The molecule has 1 heterocycles. The summed E-state index contributed by atoms with van der Waals surface area (Å²) in [4.78, 5) is 12.4. The lowest BCUT2D eigenvalue weighted by Gasteiger charge is -2.37. The smallest absolute Gasteiger partial charge is 0.261 e. The minimum absolute atomic E-state index is 0.0167. The minimum Gasteiger partial charge on any atom is -0.489 e. The van der Waals surface area contributed by atoms with Gasteiger partial charge in [0.25, 0.3) is 5.91 Å². The van der Waals surface area contributed by atoms with Crippen LogP contribution in [0.25, 0.3) is 0 Å². The van der Waals surface area contributed by atoms with Crippen molar-refractivity contribution in [1.82, 2.24) is 15.1 Å². The molecule has 3 N–H and O–H groups in total. The number of hydrogen-bond donors (Lipinski definition) is 3. The van der Waals surface area contributed by atoms with Gasteiger partial charge in [0.05, 0.1) is 4.90 Å². The van der Waals surface area contributed by atoms with Gasteiger partial charge in [0.1, 0.15) is 24.2 Å². The van der Waals surface area contributed by atoms with Crippen LogP contribution in [0.4, 0.5) is 4.39 Å². The molecule has 10 heteroatoms. The molecule has 190 valence electrons. The molecule has 1 saturated heterocycles. The second kappa shape index (κ2) is 11.6. The van der Waals surface area contributed by atoms with Crippen molar-refractivity contribution < 1.29 is 27.5 Å². The first-order valence-corrected chi connectivity index (χ1v) is 13.0. The van der Waals surface area contributed by atoms with E-state index in [0.29, 0.717) is 18.7 Å². The molecule has 0 unspecified atom stereocenters. The highest BCUT2D eigenvalue weighted by atomic mass is 32.2. The second-order valence-electron chi connectivity index (χ2n) is 8.58. The number of piperidine rings is 1. The van der Waals surface area contributed by atoms with Crippen molar-refractivity contribution in [1.29, 1.82) is 0 Å². The third-order valence-corrected chi connectivity index (χ3v) is 8.08. The molecule has 1 amide bonds. The fourth-order valence-electron chi connectivity index (χ4n) is 4.18. The van der Waals surface area contributed by atoms with Gasteiger partial charge in [-0.25, -0.2) is 18.3 Å². The van der Waals surface area contributed by atoms with E-state index in [4.69, 9.17) is 4.74 Å². The molecule has 8 nitrogen and oxygen atoms in total. The van der Waals surface area contributed by atoms with Crippen molar-refractivity contribution in [2.75, 3.05) is 6.54 Å². The van der Waals surface area contributed by atoms with E-state index in [2.05, 4.69) is 5.32 Å². The Bertz CT molecular complexity index is 1260. The maximum Gasteiger partial charge on any atom is 0.261 e. The number of halogens is 1. The van der Waals surface area contributed by atoms with E-state index < -0.39 is 22.0 Å². The van der Waals surface area contributed by atoms with Gasteiger partial charge in [0.15, 0.2) is 0 Å². The maximum absolute atomic E-state index is 13.4. The summed E-state index contributed by atoms with van der Waals surface area (Å²) >= 11 is 0. The van der Waals surface area contributed by atoms with E-state index in [0.717, 1.165) is 15.4 Å². The van der Waals surface area contributed by atoms with Crippen molar-refractivity contribution in [3.05, 3.63) is 95.8 Å². The van der Waals surface area contributed by atoms with Crippen LogP contribution in [0.5, 0.6) is 5.75 Å². The summed E-state index contributed by atoms with van der Waals surface area (Å²) in [6.45, 7) is 0.912. The van der Waals surface area contributed by atoms with Gasteiger partial charge < -0.3 is 10.1 Å². The Balaban J connectivity index is 1.42. The predicted molar refractivity (Wildman–Crippen MR) is 131 cm³/mol. The van der Waals surface area contributed by atoms with Gasteiger partial charge in [0.2, 0.25) is 10.0 Å². The van der Waals surface area contributed by atoms with Gasteiger partial charge >= 0.3 is 0 Å². The first-order valence-electron chi connectivity index (χ1n) is 11.6. The molecule has 2 atom stereocenters. The largest absolute Gasteiger partial charge is 0.489 e. The van der Waals surface area contributed by atoms with E-state index >= 15 is 0 Å². The summed E-state index contributed by atoms with van der Waals surface area (Å²) in [5.74, 6) is -0.659. The van der Waals surface area contributed by atoms with E-state index in [1.165, 1.54) is 36.4 Å². The normalized spacial score (nSPS) is 18.5. The van der Waals surface area contributed by atoms with Crippen LogP contribution in [0.3, 0.4) is 0 Å². The van der Waals surface area contributed by atoms with Gasteiger partial charge in [-0.15, -0.1) is 0 Å². The zero-order valence-electron chi connectivity index (χ0n) is 19.5. The third kappa shape index (κ3) is 6.27. The Morgan fingerprint density at radius 1 is 1.00 bits per heavy atom. The number of ether oxygens (including phenoxy) is 1. The lowest BCUT2D eigenvalue weighted by atomic mass is 9.98. The van der Waals surface area contributed by atoms with E-state index in [1.54, 1.807) is 17.6 Å². The highest BCUT2D eigenvalue weighted by Crippen LogP contribution is 2.27. The molecule has 36 heavy (non-hydrogen) atoms. The number of carbonyl (C=O) groups is 1. The summed E-state index contributed by atoms with van der Waals surface area (Å²) in [6, 6.07) is 20.4. The van der Waals surface area contributed by atoms with Crippen molar-refractivity contribution in [2.45, 2.75) is 43.0 Å². The molecule has 1 aliphatic heterocycles. The second-order valence-corrected chi connectivity index (χ2v) is 10.5. The Morgan fingerprint density at radius 3 is 2.36 bits per heavy atom. The number of hydrogen-bond acceptors (Lipinski definition) is 6. The highest BCUT2D eigenvalue weighted by Gasteiger charge is 2.40. The summed E-state index contributed by atoms with van der Waals surface area (Å²) in [7, 11) is -4.01. The summed E-state index contributed by atoms with van der Waals surface area (Å²) in [5, 5.41) is 12.6. The number of nitrogens with one attached hydrogen (secondary N) is 2. The summed E-state index contributed by atoms with van der Waals surface area (Å²) in [6.07, 6.45) is 0.734. The number of benzene rings is 3. The van der Waals surface area contributed by atoms with E-state index in [-0.39, 0.29) is 36.3 Å². The average molecular weight is 514 g/mol. The molecule has 3 aromatic carbocycles. The Labute approximate surface area is 209 Å². The van der Waals surface area contributed by atoms with Crippen LogP contribution in [-0.4, -0.2) is 42.5 Å². The van der Waals surface area contributed by atoms with Crippen molar-refractivity contribution in [2.24, 2.45) is 0 Å². The number of sulfonamides is 1. The highest BCUT2D eigenvalue weighted by molar-refractivity contribution is 7.89. The molecule has 1 aliphatic rings. The molecule has 0 aliphatic carbocycles. The molecule has 0 aromatic heterocycles. The molecule has 0 saturated carbocycles. The predicted octanol–water partition coefficient (Wildman–Crippen LogP) is 3.22. The lowest BCUT2D eigenvalue weighted by molar-refractivity contribution is -0.134. The number of nitrogens with zero attached hydrogens (tertiary/aromatic N) is 1. The van der Waals surface area contributed by atoms with Gasteiger partial charge in [-0.2, -0.15) is 4.31 Å². The molecule has 0 spiro atoms. The standard InChI is InChI=1S/C26H28FN3O5S/c27-21-8-6-20(7-9-21)18-35-23-10-12-24(13-11-23)36(33,34)30-15-14-22(16-25(30)26(31)29-32)28-17-19-4-2-1-3-5-19/h1-13,22,25,28,32H,14-18H2,(H,29,31)/t22-,25+/m0/s1. The topological polar surface area (TPSA) is 108 Å². The number of hydroxylamine groups is 1. The Morgan fingerprint density at radius 2 is 1.69 bits per heavy atom. The summed E-state index contributed by atoms with van der Waals surface area (Å²) in [5.41, 5.74) is 3.46. The third-order valence-electron chi connectivity index (χ3n) is 6.15. The first kappa shape index (κ1) is 25.8. The zero-order valence-corrected chi connectivity index (χ0v) is 20.3. The van der Waals surface area contributed by atoms with Crippen LogP contribution in [0, 0.1) is 5.82 Å². The monoisotopic (exact) mass is 513 g/mol. The Hall–Kier alpha value is -3.31. The Kier molecular flexibility index (Phi) is 8.32. The molecular formula is C26H28FN3O5S. The fourth-order valence-corrected chi connectivity index (χ4v) is 5.79. The quantitative estimate of drug-likeness (QED) is 0.300. The number of carbonyl (C=O) groups excluding carboxylic acids is 1. The fraction of sp³-hybridized carbons (Fsp3) is 0.269. The molecule has 3 aromatic rings. The van der Waals surface area contributed by atoms with Crippen LogP contribution in [0.15, 0.2) is 83.8 Å².